The molecule has 0 saturated carbocycles. The van der Waals surface area contributed by atoms with Crippen LogP contribution in [0.15, 0.2) is 127 Å². The number of fused-ring (bicyclic) bond motifs is 17. The maximum Gasteiger partial charge on any atom is 0.0545 e. The van der Waals surface area contributed by atoms with Crippen LogP contribution in [0.2, 0.25) is 0 Å². The smallest absolute Gasteiger partial charge is 0.0545 e. The Hall–Kier alpha value is -6.66. The van der Waals surface area contributed by atoms with Crippen molar-refractivity contribution in [3.8, 4) is 36.0 Å². The van der Waals surface area contributed by atoms with Crippen molar-refractivity contribution in [3.63, 3.8) is 0 Å². The van der Waals surface area contributed by atoms with E-state index in [0.717, 1.165) is 33.3 Å². The van der Waals surface area contributed by atoms with Gasteiger partial charge in [0.2, 0.25) is 0 Å². The largest absolute Gasteiger partial charge is 0.354 e. The van der Waals surface area contributed by atoms with Crippen molar-refractivity contribution in [3.05, 3.63) is 160 Å². The predicted octanol–water partition coefficient (Wildman–Crippen LogP) is 16.6. The lowest BCUT2D eigenvalue weighted by Gasteiger charge is -2.02. The topological polar surface area (TPSA) is 15.8 Å². The molecule has 0 unspecified atom stereocenters. The molecule has 0 atom stereocenters. The molecule has 13 aromatic rings. The zero-order chi connectivity index (χ0) is 40.3. The standard InChI is InChI=1S/C55H27NS5/c1-3-4-7-35-30(2)57-53-43-20-16-34(28-48(43)60-52(35)53)13-12-32-15-19-37-40-24-23-39-41(51(40)59-47(37)27-32)25-22-38-36-18-14-31(26-45(36)56-50(38)39)10-11-33-17-21-44-49(29-33)61-54-42-8-5-6-9-46(42)58-55(44)54/h1,4-9,14-29,56H,2H3/b7-4-. The van der Waals surface area contributed by atoms with E-state index in [1.54, 1.807) is 6.08 Å². The highest BCUT2D eigenvalue weighted by atomic mass is 32.1. The minimum absolute atomic E-state index is 0.998. The predicted molar refractivity (Wildman–Crippen MR) is 273 cm³/mol. The van der Waals surface area contributed by atoms with E-state index in [-0.39, 0.29) is 0 Å². The van der Waals surface area contributed by atoms with E-state index in [0.29, 0.717) is 0 Å². The Bertz CT molecular complexity index is 4270. The Balaban J connectivity index is 0.819. The van der Waals surface area contributed by atoms with Gasteiger partial charge in [-0.15, -0.1) is 63.1 Å². The third-order valence-corrected chi connectivity index (χ3v) is 18.0. The number of rotatable bonds is 1. The molecule has 6 aromatic heterocycles. The quantitative estimate of drug-likeness (QED) is 0.158. The number of nitrogens with one attached hydrogen (secondary N) is 1. The van der Waals surface area contributed by atoms with Crippen molar-refractivity contribution in [2.75, 3.05) is 0 Å². The van der Waals surface area contributed by atoms with E-state index in [9.17, 15) is 0 Å². The Morgan fingerprint density at radius 1 is 0.443 bits per heavy atom. The number of aromatic nitrogens is 1. The minimum atomic E-state index is 0.998. The second-order valence-corrected chi connectivity index (χ2v) is 20.8. The molecule has 0 radical (unpaired) electrons. The number of H-pyrrole nitrogens is 1. The van der Waals surface area contributed by atoms with Gasteiger partial charge in [-0.1, -0.05) is 96.3 Å². The van der Waals surface area contributed by atoms with Gasteiger partial charge < -0.3 is 4.98 Å². The van der Waals surface area contributed by atoms with Gasteiger partial charge in [0.05, 0.1) is 24.3 Å². The molecule has 0 aliphatic rings. The van der Waals surface area contributed by atoms with E-state index in [2.05, 4.69) is 169 Å². The van der Waals surface area contributed by atoms with Gasteiger partial charge in [0.15, 0.2) is 0 Å². The molecule has 282 valence electrons. The maximum absolute atomic E-state index is 5.51. The molecule has 0 saturated heterocycles. The lowest BCUT2D eigenvalue weighted by Crippen LogP contribution is -1.77. The Morgan fingerprint density at radius 2 is 0.918 bits per heavy atom. The zero-order valence-electron chi connectivity index (χ0n) is 32.3. The highest BCUT2D eigenvalue weighted by Gasteiger charge is 2.16. The molecular formula is C55H27NS5. The lowest BCUT2D eigenvalue weighted by atomic mass is 10.0. The molecule has 0 spiro atoms. The average Bonchev–Trinajstić information content (AvgIpc) is 4.13. The number of benzene rings is 7. The van der Waals surface area contributed by atoms with E-state index >= 15 is 0 Å². The molecule has 0 aliphatic heterocycles. The Morgan fingerprint density at radius 3 is 1.61 bits per heavy atom. The van der Waals surface area contributed by atoms with Crippen LogP contribution in [0.5, 0.6) is 0 Å². The molecule has 0 bridgehead atoms. The van der Waals surface area contributed by atoms with Crippen molar-refractivity contribution in [2.45, 2.75) is 6.92 Å². The number of hydrogen-bond acceptors (Lipinski definition) is 5. The van der Waals surface area contributed by atoms with Gasteiger partial charge in [0.25, 0.3) is 0 Å². The van der Waals surface area contributed by atoms with Gasteiger partial charge in [0, 0.05) is 110 Å². The summed E-state index contributed by atoms with van der Waals surface area (Å²) in [7, 11) is 0. The molecular weight excluding hydrogens is 835 g/mol. The molecule has 0 fully saturated rings. The first-order valence-corrected chi connectivity index (χ1v) is 23.9. The second-order valence-electron chi connectivity index (χ2n) is 15.3. The van der Waals surface area contributed by atoms with Crippen molar-refractivity contribution < 1.29 is 0 Å². The highest BCUT2D eigenvalue weighted by Crippen LogP contribution is 2.46. The minimum Gasteiger partial charge on any atom is -0.354 e. The highest BCUT2D eigenvalue weighted by molar-refractivity contribution is 7.36. The van der Waals surface area contributed by atoms with Crippen LogP contribution in [0, 0.1) is 42.9 Å². The van der Waals surface area contributed by atoms with Crippen molar-refractivity contribution in [1.29, 1.82) is 0 Å². The third kappa shape index (κ3) is 5.47. The number of aromatic amines is 1. The van der Waals surface area contributed by atoms with Crippen molar-refractivity contribution in [1.82, 2.24) is 4.98 Å². The van der Waals surface area contributed by atoms with Crippen LogP contribution >= 0.6 is 56.7 Å². The summed E-state index contributed by atoms with van der Waals surface area (Å²) in [6, 6.07) is 44.3. The Labute approximate surface area is 369 Å². The molecule has 0 amide bonds. The second kappa shape index (κ2) is 13.4. The molecule has 1 nitrogen and oxygen atoms in total. The van der Waals surface area contributed by atoms with Crippen LogP contribution in [0.25, 0.3) is 108 Å². The van der Waals surface area contributed by atoms with E-state index in [1.807, 2.05) is 56.7 Å². The van der Waals surface area contributed by atoms with Gasteiger partial charge >= 0.3 is 0 Å². The van der Waals surface area contributed by atoms with E-state index < -0.39 is 0 Å². The summed E-state index contributed by atoms with van der Waals surface area (Å²) >= 11 is 9.27. The van der Waals surface area contributed by atoms with Crippen LogP contribution in [0.4, 0.5) is 0 Å². The molecule has 6 heterocycles. The van der Waals surface area contributed by atoms with E-state index in [4.69, 9.17) is 6.42 Å². The van der Waals surface area contributed by atoms with E-state index in [1.165, 1.54) is 101 Å². The molecule has 1 N–H and O–H groups in total. The fraction of sp³-hybridized carbons (Fsp3) is 0.0182. The average molecular weight is 862 g/mol. The summed E-state index contributed by atoms with van der Waals surface area (Å²) < 4.78 is 11.8. The van der Waals surface area contributed by atoms with Gasteiger partial charge in [0.1, 0.15) is 0 Å². The number of hydrogen-bond donors (Lipinski definition) is 1. The number of allylic oxidation sites excluding steroid dienone is 1. The molecule has 0 aliphatic carbocycles. The van der Waals surface area contributed by atoms with Gasteiger partial charge in [-0.2, -0.15) is 0 Å². The van der Waals surface area contributed by atoms with Crippen LogP contribution in [0.3, 0.4) is 0 Å². The summed E-state index contributed by atoms with van der Waals surface area (Å²) in [6.07, 6.45) is 9.36. The SMILES string of the molecule is C#C/C=C\c1c(C)sc2c1sc1cc(C#Cc3ccc4c(c3)sc3c4ccc4c3ccc3c5ccc(C#Cc6ccc7c(c6)sc6c8ccccc8sc76)cc5[nH]c34)ccc12. The van der Waals surface area contributed by atoms with Crippen LogP contribution in [-0.2, 0) is 0 Å². The monoisotopic (exact) mass is 861 g/mol. The van der Waals surface area contributed by atoms with Gasteiger partial charge in [-0.25, -0.2) is 0 Å². The van der Waals surface area contributed by atoms with Crippen LogP contribution in [0.1, 0.15) is 32.7 Å². The third-order valence-electron chi connectivity index (χ3n) is 11.8. The fourth-order valence-electron chi connectivity index (χ4n) is 8.86. The number of terminal acetylenes is 1. The summed E-state index contributed by atoms with van der Waals surface area (Å²) in [4.78, 5) is 5.09. The molecule has 7 aromatic carbocycles. The first kappa shape index (κ1) is 35.1. The van der Waals surface area contributed by atoms with Crippen molar-refractivity contribution in [2.24, 2.45) is 0 Å². The summed E-state index contributed by atoms with van der Waals surface area (Å²) in [5.41, 5.74) is 7.57. The molecule has 6 heteroatoms. The van der Waals surface area contributed by atoms with Crippen LogP contribution < -0.4 is 0 Å². The first-order valence-electron chi connectivity index (χ1n) is 19.8. The van der Waals surface area contributed by atoms with Crippen molar-refractivity contribution >= 4 is 165 Å². The van der Waals surface area contributed by atoms with Crippen LogP contribution in [-0.4, -0.2) is 4.98 Å². The molecule has 61 heavy (non-hydrogen) atoms. The zero-order valence-corrected chi connectivity index (χ0v) is 36.4. The lowest BCUT2D eigenvalue weighted by molar-refractivity contribution is 1.55. The summed E-state index contributed by atoms with van der Waals surface area (Å²) in [6.45, 7) is 2.17. The number of thiophene rings is 5. The molecule has 13 rings (SSSR count). The number of aryl methyl sites for hydroxylation is 1. The van der Waals surface area contributed by atoms with Gasteiger partial charge in [-0.05, 0) is 73.7 Å². The first-order chi connectivity index (χ1) is 30.0. The maximum atomic E-state index is 5.51. The summed E-state index contributed by atoms with van der Waals surface area (Å²) in [5.74, 6) is 16.5. The fourth-order valence-corrected chi connectivity index (χ4v) is 15.5. The van der Waals surface area contributed by atoms with Gasteiger partial charge in [-0.3, -0.25) is 0 Å². The summed E-state index contributed by atoms with van der Waals surface area (Å²) in [5, 5.41) is 11.4. The Kier molecular flexibility index (Phi) is 7.73. The normalized spacial score (nSPS) is 12.0.